The highest BCUT2D eigenvalue weighted by atomic mass is 15.2. The van der Waals surface area contributed by atoms with Crippen LogP contribution in [0.25, 0.3) is 0 Å². The Labute approximate surface area is 130 Å². The van der Waals surface area contributed by atoms with Gasteiger partial charge in [0.05, 0.1) is 0 Å². The highest BCUT2D eigenvalue weighted by Gasteiger charge is 2.23. The van der Waals surface area contributed by atoms with Crippen molar-refractivity contribution in [2.24, 2.45) is 5.41 Å². The number of anilines is 1. The van der Waals surface area contributed by atoms with Gasteiger partial charge in [-0.15, -0.1) is 0 Å². The molecule has 1 aliphatic rings. The minimum Gasteiger partial charge on any atom is -0.357 e. The topological polar surface area (TPSA) is 28.2 Å². The molecule has 3 nitrogen and oxygen atoms in total. The molecule has 118 valence electrons. The van der Waals surface area contributed by atoms with Crippen molar-refractivity contribution < 1.29 is 0 Å². The van der Waals surface area contributed by atoms with Gasteiger partial charge >= 0.3 is 0 Å². The Morgan fingerprint density at radius 1 is 1.24 bits per heavy atom. The molecule has 0 spiro atoms. The number of hydrogen-bond acceptors (Lipinski definition) is 3. The Hall–Kier alpha value is -1.09. The zero-order valence-corrected chi connectivity index (χ0v) is 14.2. The summed E-state index contributed by atoms with van der Waals surface area (Å²) in [6.07, 6.45) is 5.02. The van der Waals surface area contributed by atoms with Crippen LogP contribution in [0.5, 0.6) is 0 Å². The van der Waals surface area contributed by atoms with Crippen LogP contribution in [0.1, 0.15) is 57.7 Å². The molecule has 2 rings (SSSR count). The Bertz CT molecular complexity index is 454. The van der Waals surface area contributed by atoms with E-state index in [1.807, 2.05) is 0 Å². The number of aryl methyl sites for hydroxylation is 1. The molecule has 21 heavy (non-hydrogen) atoms. The van der Waals surface area contributed by atoms with Crippen LogP contribution in [0.2, 0.25) is 0 Å². The molecule has 0 amide bonds. The molecule has 0 saturated carbocycles. The summed E-state index contributed by atoms with van der Waals surface area (Å²) in [7, 11) is 0. The van der Waals surface area contributed by atoms with Crippen LogP contribution in [-0.4, -0.2) is 24.6 Å². The minimum absolute atomic E-state index is 0.480. The number of pyridine rings is 1. The molecule has 0 aromatic carbocycles. The normalized spacial score (nSPS) is 18.6. The third kappa shape index (κ3) is 4.70. The van der Waals surface area contributed by atoms with E-state index in [4.69, 9.17) is 4.98 Å². The zero-order chi connectivity index (χ0) is 15.3. The first-order valence-electron chi connectivity index (χ1n) is 8.44. The van der Waals surface area contributed by atoms with Crippen LogP contribution >= 0.6 is 0 Å². The lowest BCUT2D eigenvalue weighted by Gasteiger charge is -2.24. The van der Waals surface area contributed by atoms with Crippen molar-refractivity contribution in [2.75, 3.05) is 24.5 Å². The third-order valence-electron chi connectivity index (χ3n) is 4.59. The van der Waals surface area contributed by atoms with Gasteiger partial charge in [0.1, 0.15) is 5.82 Å². The molecule has 1 N–H and O–H groups in total. The number of aromatic nitrogens is 1. The summed E-state index contributed by atoms with van der Waals surface area (Å²) >= 11 is 0. The predicted octanol–water partition coefficient (Wildman–Crippen LogP) is 3.91. The summed E-state index contributed by atoms with van der Waals surface area (Å²) in [5, 5.41) is 3.46. The zero-order valence-electron chi connectivity index (χ0n) is 14.2. The maximum absolute atomic E-state index is 4.85. The predicted molar refractivity (Wildman–Crippen MR) is 90.8 cm³/mol. The quantitative estimate of drug-likeness (QED) is 0.833. The number of rotatable bonds is 5. The Kier molecular flexibility index (Phi) is 5.63. The van der Waals surface area contributed by atoms with E-state index in [-0.39, 0.29) is 0 Å². The van der Waals surface area contributed by atoms with E-state index in [9.17, 15) is 0 Å². The van der Waals surface area contributed by atoms with Crippen LogP contribution in [0.15, 0.2) is 12.1 Å². The van der Waals surface area contributed by atoms with Gasteiger partial charge in [-0.2, -0.15) is 0 Å². The molecule has 1 fully saturated rings. The van der Waals surface area contributed by atoms with E-state index in [0.717, 1.165) is 32.0 Å². The van der Waals surface area contributed by atoms with Gasteiger partial charge in [-0.1, -0.05) is 26.8 Å². The second kappa shape index (κ2) is 7.26. The molecule has 0 radical (unpaired) electrons. The van der Waals surface area contributed by atoms with Gasteiger partial charge in [0.2, 0.25) is 0 Å². The van der Waals surface area contributed by atoms with Crippen molar-refractivity contribution >= 4 is 5.82 Å². The average molecular weight is 289 g/mol. The molecule has 0 aliphatic carbocycles. The van der Waals surface area contributed by atoms with Crippen LogP contribution in [0, 0.1) is 12.3 Å². The number of nitrogens with zero attached hydrogens (tertiary/aromatic N) is 2. The van der Waals surface area contributed by atoms with Gasteiger partial charge in [-0.25, -0.2) is 4.98 Å². The van der Waals surface area contributed by atoms with Crippen molar-refractivity contribution in [3.63, 3.8) is 0 Å². The minimum atomic E-state index is 0.480. The molecule has 0 atom stereocenters. The molecule has 3 heteroatoms. The Morgan fingerprint density at radius 2 is 2.05 bits per heavy atom. The van der Waals surface area contributed by atoms with Gasteiger partial charge in [0.25, 0.3) is 0 Å². The first kappa shape index (κ1) is 16.3. The number of nitrogens with one attached hydrogen (secondary N) is 1. The van der Waals surface area contributed by atoms with E-state index in [0.29, 0.717) is 5.41 Å². The summed E-state index contributed by atoms with van der Waals surface area (Å²) in [5.74, 6) is 1.16. The number of hydrogen-bond donors (Lipinski definition) is 1. The van der Waals surface area contributed by atoms with Crippen molar-refractivity contribution in [1.82, 2.24) is 10.3 Å². The van der Waals surface area contributed by atoms with Gasteiger partial charge in [0, 0.05) is 25.3 Å². The fraction of sp³-hybridized carbons (Fsp3) is 0.722. The second-order valence-electron chi connectivity index (χ2n) is 7.10. The lowest BCUT2D eigenvalue weighted by atomic mass is 9.85. The van der Waals surface area contributed by atoms with Gasteiger partial charge < -0.3 is 10.2 Å². The lowest BCUT2D eigenvalue weighted by Crippen LogP contribution is -2.26. The van der Waals surface area contributed by atoms with Gasteiger partial charge in [0.15, 0.2) is 0 Å². The molecular formula is C18H31N3. The second-order valence-corrected chi connectivity index (χ2v) is 7.10. The third-order valence-corrected chi connectivity index (χ3v) is 4.59. The van der Waals surface area contributed by atoms with E-state index >= 15 is 0 Å². The first-order chi connectivity index (χ1) is 10.0. The summed E-state index contributed by atoms with van der Waals surface area (Å²) in [6.45, 7) is 13.4. The molecule has 1 aliphatic heterocycles. The summed E-state index contributed by atoms with van der Waals surface area (Å²) in [5.41, 5.74) is 2.97. The summed E-state index contributed by atoms with van der Waals surface area (Å²) < 4.78 is 0. The van der Waals surface area contributed by atoms with Crippen LogP contribution in [0.4, 0.5) is 5.82 Å². The highest BCUT2D eigenvalue weighted by molar-refractivity contribution is 5.42. The van der Waals surface area contributed by atoms with Crippen molar-refractivity contribution in [3.8, 4) is 0 Å². The van der Waals surface area contributed by atoms with E-state index in [2.05, 4.69) is 50.0 Å². The highest BCUT2D eigenvalue weighted by Crippen LogP contribution is 2.31. The average Bonchev–Trinajstić information content (AvgIpc) is 2.62. The molecular weight excluding hydrogens is 258 g/mol. The molecule has 0 unspecified atom stereocenters. The first-order valence-corrected chi connectivity index (χ1v) is 8.44. The summed E-state index contributed by atoms with van der Waals surface area (Å²) in [6, 6.07) is 4.45. The SMILES string of the molecule is CCCNCc1ccc(N2CCCC(C)(C)CC2)nc1C. The van der Waals surface area contributed by atoms with E-state index in [1.165, 1.54) is 36.9 Å². The van der Waals surface area contributed by atoms with Gasteiger partial charge in [-0.05, 0) is 56.2 Å². The molecule has 0 bridgehead atoms. The van der Waals surface area contributed by atoms with Crippen LogP contribution < -0.4 is 10.2 Å². The van der Waals surface area contributed by atoms with Crippen molar-refractivity contribution in [1.29, 1.82) is 0 Å². The fourth-order valence-corrected chi connectivity index (χ4v) is 2.99. The molecule has 2 heterocycles. The van der Waals surface area contributed by atoms with Gasteiger partial charge in [-0.3, -0.25) is 0 Å². The van der Waals surface area contributed by atoms with Crippen molar-refractivity contribution in [3.05, 3.63) is 23.4 Å². The molecule has 1 aromatic heterocycles. The maximum atomic E-state index is 4.85. The standard InChI is InChI=1S/C18H31N3/c1-5-11-19-14-16-7-8-17(20-15(16)2)21-12-6-9-18(3,4)10-13-21/h7-8,19H,5-6,9-14H2,1-4H3. The smallest absolute Gasteiger partial charge is 0.128 e. The monoisotopic (exact) mass is 289 g/mol. The van der Waals surface area contributed by atoms with Crippen molar-refractivity contribution in [2.45, 2.75) is 59.9 Å². The van der Waals surface area contributed by atoms with Crippen LogP contribution in [0.3, 0.4) is 0 Å². The maximum Gasteiger partial charge on any atom is 0.128 e. The Morgan fingerprint density at radius 3 is 2.76 bits per heavy atom. The Balaban J connectivity index is 2.02. The van der Waals surface area contributed by atoms with E-state index in [1.54, 1.807) is 0 Å². The molecule has 1 saturated heterocycles. The van der Waals surface area contributed by atoms with E-state index < -0.39 is 0 Å². The van der Waals surface area contributed by atoms with Crippen LogP contribution in [-0.2, 0) is 6.54 Å². The molecule has 1 aromatic rings. The lowest BCUT2D eigenvalue weighted by molar-refractivity contribution is 0.325. The fourth-order valence-electron chi connectivity index (χ4n) is 2.99. The summed E-state index contributed by atoms with van der Waals surface area (Å²) in [4.78, 5) is 7.31. The largest absolute Gasteiger partial charge is 0.357 e.